The zero-order valence-corrected chi connectivity index (χ0v) is 12.6. The van der Waals surface area contributed by atoms with E-state index in [4.69, 9.17) is 0 Å². The SMILES string of the molecule is CCNC(=O)CN(CC)S(=O)(=O)c1cc(F)ccc1C. The van der Waals surface area contributed by atoms with Crippen molar-refractivity contribution in [2.75, 3.05) is 19.6 Å². The summed E-state index contributed by atoms with van der Waals surface area (Å²) in [6.07, 6.45) is 0. The highest BCUT2D eigenvalue weighted by molar-refractivity contribution is 7.89. The van der Waals surface area contributed by atoms with Gasteiger partial charge in [0.05, 0.1) is 11.4 Å². The van der Waals surface area contributed by atoms with E-state index in [1.165, 1.54) is 12.1 Å². The second-order valence-electron chi connectivity index (χ2n) is 4.29. The van der Waals surface area contributed by atoms with Crippen LogP contribution in [-0.4, -0.2) is 38.3 Å². The Morgan fingerprint density at radius 2 is 2.00 bits per heavy atom. The van der Waals surface area contributed by atoms with Crippen LogP contribution in [-0.2, 0) is 14.8 Å². The smallest absolute Gasteiger partial charge is 0.243 e. The quantitative estimate of drug-likeness (QED) is 0.861. The molecule has 0 radical (unpaired) electrons. The van der Waals surface area contributed by atoms with E-state index in [9.17, 15) is 17.6 Å². The molecule has 1 N–H and O–H groups in total. The van der Waals surface area contributed by atoms with E-state index >= 15 is 0 Å². The van der Waals surface area contributed by atoms with Crippen LogP contribution in [0.25, 0.3) is 0 Å². The van der Waals surface area contributed by atoms with Gasteiger partial charge >= 0.3 is 0 Å². The van der Waals surface area contributed by atoms with Crippen molar-refractivity contribution in [3.63, 3.8) is 0 Å². The van der Waals surface area contributed by atoms with Crippen molar-refractivity contribution in [2.24, 2.45) is 0 Å². The zero-order chi connectivity index (χ0) is 15.3. The van der Waals surface area contributed by atoms with Crippen LogP contribution < -0.4 is 5.32 Å². The lowest BCUT2D eigenvalue weighted by molar-refractivity contribution is -0.121. The molecule has 0 aliphatic heterocycles. The lowest BCUT2D eigenvalue weighted by Crippen LogP contribution is -2.40. The molecular formula is C13H19FN2O3S. The summed E-state index contributed by atoms with van der Waals surface area (Å²) in [4.78, 5) is 11.4. The fourth-order valence-corrected chi connectivity index (χ4v) is 3.41. The molecule has 0 heterocycles. The molecule has 7 heteroatoms. The van der Waals surface area contributed by atoms with Crippen LogP contribution in [0.3, 0.4) is 0 Å². The molecule has 1 aromatic rings. The van der Waals surface area contributed by atoms with Crippen LogP contribution in [0.2, 0.25) is 0 Å². The van der Waals surface area contributed by atoms with Gasteiger partial charge in [0.1, 0.15) is 5.82 Å². The molecule has 20 heavy (non-hydrogen) atoms. The number of benzene rings is 1. The number of amides is 1. The molecule has 0 aromatic heterocycles. The maximum Gasteiger partial charge on any atom is 0.243 e. The number of carbonyl (C=O) groups is 1. The topological polar surface area (TPSA) is 66.5 Å². The van der Waals surface area contributed by atoms with Gasteiger partial charge in [0, 0.05) is 13.1 Å². The number of hydrogen-bond donors (Lipinski definition) is 1. The van der Waals surface area contributed by atoms with Gasteiger partial charge in [-0.25, -0.2) is 12.8 Å². The second kappa shape index (κ2) is 6.81. The third-order valence-electron chi connectivity index (χ3n) is 2.81. The minimum atomic E-state index is -3.89. The van der Waals surface area contributed by atoms with Crippen LogP contribution in [0.15, 0.2) is 23.1 Å². The number of likely N-dealkylation sites (N-methyl/N-ethyl adjacent to an activating group) is 2. The molecule has 0 aliphatic rings. The largest absolute Gasteiger partial charge is 0.355 e. The Kier molecular flexibility index (Phi) is 5.64. The first-order valence-corrected chi connectivity index (χ1v) is 7.80. The average molecular weight is 302 g/mol. The first-order valence-electron chi connectivity index (χ1n) is 6.35. The fraction of sp³-hybridized carbons (Fsp3) is 0.462. The van der Waals surface area contributed by atoms with Gasteiger partial charge in [-0.1, -0.05) is 13.0 Å². The molecule has 112 valence electrons. The summed E-state index contributed by atoms with van der Waals surface area (Å²) in [7, 11) is -3.89. The molecular weight excluding hydrogens is 283 g/mol. The first-order chi connectivity index (χ1) is 9.32. The van der Waals surface area contributed by atoms with Crippen molar-refractivity contribution in [3.05, 3.63) is 29.6 Å². The van der Waals surface area contributed by atoms with E-state index in [-0.39, 0.29) is 23.9 Å². The van der Waals surface area contributed by atoms with Gasteiger partial charge in [-0.3, -0.25) is 4.79 Å². The molecule has 1 aromatic carbocycles. The number of carbonyl (C=O) groups excluding carboxylic acids is 1. The highest BCUT2D eigenvalue weighted by atomic mass is 32.2. The molecule has 0 saturated heterocycles. The normalized spacial score (nSPS) is 11.7. The predicted molar refractivity (Wildman–Crippen MR) is 74.3 cm³/mol. The summed E-state index contributed by atoms with van der Waals surface area (Å²) in [5.41, 5.74) is 0.445. The van der Waals surface area contributed by atoms with Crippen LogP contribution >= 0.6 is 0 Å². The molecule has 0 spiro atoms. The number of halogens is 1. The second-order valence-corrected chi connectivity index (χ2v) is 6.20. The number of aryl methyl sites for hydroxylation is 1. The molecule has 0 fully saturated rings. The lowest BCUT2D eigenvalue weighted by Gasteiger charge is -2.21. The van der Waals surface area contributed by atoms with Crippen LogP contribution in [0, 0.1) is 12.7 Å². The average Bonchev–Trinajstić information content (AvgIpc) is 2.38. The maximum atomic E-state index is 13.3. The number of nitrogens with one attached hydrogen (secondary N) is 1. The van der Waals surface area contributed by atoms with Gasteiger partial charge in [0.15, 0.2) is 0 Å². The predicted octanol–water partition coefficient (Wildman–Crippen LogP) is 1.28. The summed E-state index contributed by atoms with van der Waals surface area (Å²) < 4.78 is 39.2. The zero-order valence-electron chi connectivity index (χ0n) is 11.8. The highest BCUT2D eigenvalue weighted by Gasteiger charge is 2.26. The van der Waals surface area contributed by atoms with E-state index < -0.39 is 15.8 Å². The molecule has 1 amide bonds. The Morgan fingerprint density at radius 1 is 1.35 bits per heavy atom. The standard InChI is InChI=1S/C13H19FN2O3S/c1-4-15-13(17)9-16(5-2)20(18,19)12-8-11(14)7-6-10(12)3/h6-8H,4-5,9H2,1-3H3,(H,15,17). The van der Waals surface area contributed by atoms with E-state index in [0.717, 1.165) is 10.4 Å². The lowest BCUT2D eigenvalue weighted by atomic mass is 10.2. The molecule has 0 unspecified atom stereocenters. The Labute approximate surface area is 118 Å². The molecule has 1 rings (SSSR count). The fourth-order valence-electron chi connectivity index (χ4n) is 1.77. The Morgan fingerprint density at radius 3 is 2.55 bits per heavy atom. The molecule has 5 nitrogen and oxygen atoms in total. The first kappa shape index (κ1) is 16.6. The van der Waals surface area contributed by atoms with E-state index in [2.05, 4.69) is 5.32 Å². The van der Waals surface area contributed by atoms with E-state index in [1.807, 2.05) is 0 Å². The van der Waals surface area contributed by atoms with Crippen LogP contribution in [0.5, 0.6) is 0 Å². The van der Waals surface area contributed by atoms with Gasteiger partial charge in [-0.05, 0) is 31.5 Å². The van der Waals surface area contributed by atoms with E-state index in [0.29, 0.717) is 12.1 Å². The number of sulfonamides is 1. The van der Waals surface area contributed by atoms with Gasteiger partial charge in [-0.2, -0.15) is 4.31 Å². The minimum Gasteiger partial charge on any atom is -0.355 e. The maximum absolute atomic E-state index is 13.3. The van der Waals surface area contributed by atoms with Crippen molar-refractivity contribution in [1.29, 1.82) is 0 Å². The highest BCUT2D eigenvalue weighted by Crippen LogP contribution is 2.20. The summed E-state index contributed by atoms with van der Waals surface area (Å²) >= 11 is 0. The van der Waals surface area contributed by atoms with Crippen molar-refractivity contribution in [1.82, 2.24) is 9.62 Å². The molecule has 0 atom stereocenters. The summed E-state index contributed by atoms with van der Waals surface area (Å²) in [6.45, 7) is 5.25. The van der Waals surface area contributed by atoms with Crippen molar-refractivity contribution >= 4 is 15.9 Å². The van der Waals surface area contributed by atoms with Crippen molar-refractivity contribution < 1.29 is 17.6 Å². The van der Waals surface area contributed by atoms with E-state index in [1.54, 1.807) is 20.8 Å². The minimum absolute atomic E-state index is 0.108. The van der Waals surface area contributed by atoms with Crippen LogP contribution in [0.4, 0.5) is 4.39 Å². The molecule has 0 saturated carbocycles. The van der Waals surface area contributed by atoms with Crippen LogP contribution in [0.1, 0.15) is 19.4 Å². The number of nitrogens with zero attached hydrogens (tertiary/aromatic N) is 1. The van der Waals surface area contributed by atoms with Gasteiger partial charge in [0.25, 0.3) is 0 Å². The summed E-state index contributed by atoms with van der Waals surface area (Å²) in [5, 5.41) is 2.54. The third kappa shape index (κ3) is 3.77. The Hall–Kier alpha value is -1.47. The Bertz CT molecular complexity index is 587. The Balaban J connectivity index is 3.12. The summed E-state index contributed by atoms with van der Waals surface area (Å²) in [5.74, 6) is -1.00. The third-order valence-corrected chi connectivity index (χ3v) is 4.88. The number of rotatable bonds is 6. The van der Waals surface area contributed by atoms with Gasteiger partial charge in [-0.15, -0.1) is 0 Å². The summed E-state index contributed by atoms with van der Waals surface area (Å²) in [6, 6.07) is 3.58. The molecule has 0 bridgehead atoms. The van der Waals surface area contributed by atoms with Gasteiger partial charge in [0.2, 0.25) is 15.9 Å². The molecule has 0 aliphatic carbocycles. The monoisotopic (exact) mass is 302 g/mol. The van der Waals surface area contributed by atoms with Crippen molar-refractivity contribution in [2.45, 2.75) is 25.7 Å². The number of hydrogen-bond acceptors (Lipinski definition) is 3. The van der Waals surface area contributed by atoms with Crippen molar-refractivity contribution in [3.8, 4) is 0 Å². The van der Waals surface area contributed by atoms with Gasteiger partial charge < -0.3 is 5.32 Å².